The van der Waals surface area contributed by atoms with Crippen molar-refractivity contribution in [3.05, 3.63) is 0 Å². The molecule has 0 radical (unpaired) electrons. The molecule has 0 atom stereocenters. The molecule has 0 amide bonds. The molecule has 0 saturated carbocycles. The number of carbonyl (C=O) groups excluding carboxylic acids is 2. The molecule has 54 heavy (non-hydrogen) atoms. The summed E-state index contributed by atoms with van der Waals surface area (Å²) < 4.78 is 11.2. The van der Waals surface area contributed by atoms with Crippen LogP contribution in [0.1, 0.15) is 260 Å². The number of hydrogen-bond donors (Lipinski definition) is 1. The summed E-state index contributed by atoms with van der Waals surface area (Å²) in [6.45, 7) is 18.6. The van der Waals surface area contributed by atoms with E-state index in [1.807, 2.05) is 13.8 Å². The Kier molecular flexibility index (Phi) is 47.1. The number of unbranched alkanes of at least 4 members (excludes halogenated alkanes) is 18. The lowest BCUT2D eigenvalue weighted by atomic mass is 9.91. The molecule has 0 saturated heterocycles. The average molecular weight is 766 g/mol. The van der Waals surface area contributed by atoms with Gasteiger partial charge in [-0.1, -0.05) is 203 Å². The molecule has 0 unspecified atom stereocenters. The second-order valence-corrected chi connectivity index (χ2v) is 16.4. The van der Waals surface area contributed by atoms with Crippen LogP contribution in [0.25, 0.3) is 0 Å². The van der Waals surface area contributed by atoms with Crippen LogP contribution in [0.15, 0.2) is 0 Å². The van der Waals surface area contributed by atoms with E-state index in [-0.39, 0.29) is 11.9 Å². The third-order valence-corrected chi connectivity index (χ3v) is 11.3. The van der Waals surface area contributed by atoms with Gasteiger partial charge in [0.05, 0.1) is 13.2 Å². The smallest absolute Gasteiger partial charge is 0.306 e. The zero-order valence-electron chi connectivity index (χ0n) is 38.0. The van der Waals surface area contributed by atoms with Crippen LogP contribution < -0.4 is 5.32 Å². The van der Waals surface area contributed by atoms with E-state index in [1.54, 1.807) is 0 Å². The van der Waals surface area contributed by atoms with E-state index < -0.39 is 0 Å². The molecule has 324 valence electrons. The lowest BCUT2D eigenvalue weighted by Gasteiger charge is -2.17. The Morgan fingerprint density at radius 1 is 0.389 bits per heavy atom. The topological polar surface area (TPSA) is 64.6 Å². The maximum absolute atomic E-state index is 12.3. The highest BCUT2D eigenvalue weighted by Gasteiger charge is 2.15. The van der Waals surface area contributed by atoms with Gasteiger partial charge in [-0.3, -0.25) is 9.59 Å². The average Bonchev–Trinajstić information content (AvgIpc) is 3.18. The molecule has 5 heteroatoms. The molecule has 0 bridgehead atoms. The fourth-order valence-corrected chi connectivity index (χ4v) is 7.74. The number of nitrogens with one attached hydrogen (secondary N) is 1. The largest absolute Gasteiger partial charge is 0.466 e. The van der Waals surface area contributed by atoms with Crippen molar-refractivity contribution in [2.24, 2.45) is 17.8 Å². The van der Waals surface area contributed by atoms with E-state index in [2.05, 4.69) is 39.9 Å². The van der Waals surface area contributed by atoms with Crippen LogP contribution in [0.5, 0.6) is 0 Å². The summed E-state index contributed by atoms with van der Waals surface area (Å²) in [6, 6.07) is 0. The Labute approximate surface area is 339 Å². The summed E-state index contributed by atoms with van der Waals surface area (Å²) in [5.41, 5.74) is 0. The molecule has 0 rings (SSSR count). The normalized spacial score (nSPS) is 11.4. The first-order valence-electron chi connectivity index (χ1n) is 24.5. The van der Waals surface area contributed by atoms with Crippen LogP contribution in [0.4, 0.5) is 0 Å². The molecule has 0 aliphatic heterocycles. The lowest BCUT2D eigenvalue weighted by Crippen LogP contribution is -2.17. The molecule has 5 nitrogen and oxygen atoms in total. The van der Waals surface area contributed by atoms with Crippen molar-refractivity contribution in [3.63, 3.8) is 0 Å². The van der Waals surface area contributed by atoms with Crippen LogP contribution in [0, 0.1) is 17.8 Å². The minimum Gasteiger partial charge on any atom is -0.466 e. The second-order valence-electron chi connectivity index (χ2n) is 16.4. The van der Waals surface area contributed by atoms with Crippen LogP contribution in [0.3, 0.4) is 0 Å². The quantitative estimate of drug-likeness (QED) is 0.0495. The van der Waals surface area contributed by atoms with Gasteiger partial charge in [0, 0.05) is 12.8 Å². The van der Waals surface area contributed by atoms with E-state index >= 15 is 0 Å². The molecule has 0 aromatic carbocycles. The van der Waals surface area contributed by atoms with Crippen molar-refractivity contribution >= 4 is 11.9 Å². The molecular formula is C49H99NO4. The highest BCUT2D eigenvalue weighted by Crippen LogP contribution is 2.24. The first kappa shape index (κ1) is 55.0. The van der Waals surface area contributed by atoms with Crippen molar-refractivity contribution in [2.45, 2.75) is 260 Å². The number of carbonyl (C=O) groups is 2. The van der Waals surface area contributed by atoms with E-state index in [0.29, 0.717) is 37.9 Å². The van der Waals surface area contributed by atoms with E-state index in [9.17, 15) is 9.59 Å². The van der Waals surface area contributed by atoms with E-state index in [0.717, 1.165) is 25.3 Å². The van der Waals surface area contributed by atoms with Crippen molar-refractivity contribution in [3.8, 4) is 0 Å². The zero-order chi connectivity index (χ0) is 40.2. The van der Waals surface area contributed by atoms with Gasteiger partial charge in [-0.05, 0) is 75.8 Å². The lowest BCUT2D eigenvalue weighted by molar-refractivity contribution is -0.146. The van der Waals surface area contributed by atoms with Crippen LogP contribution in [0.2, 0.25) is 0 Å². The van der Waals surface area contributed by atoms with Gasteiger partial charge >= 0.3 is 11.9 Å². The van der Waals surface area contributed by atoms with Gasteiger partial charge in [0.25, 0.3) is 0 Å². The fraction of sp³-hybridized carbons (Fsp3) is 0.959. The highest BCUT2D eigenvalue weighted by atomic mass is 16.5. The fourth-order valence-electron chi connectivity index (χ4n) is 7.74. The SMILES string of the molecule is CC.CCCCC(CCCC)CC(=O)OCCCCCCCCCCC(CCCCCCCCCCOC(=O)CC(CCCC)CCCC)CCNCC. The van der Waals surface area contributed by atoms with Crippen molar-refractivity contribution in [2.75, 3.05) is 26.3 Å². The van der Waals surface area contributed by atoms with Gasteiger partial charge in [-0.25, -0.2) is 0 Å². The van der Waals surface area contributed by atoms with E-state index in [1.165, 1.54) is 193 Å². The molecule has 0 aromatic rings. The van der Waals surface area contributed by atoms with E-state index in [4.69, 9.17) is 9.47 Å². The molecule has 0 aromatic heterocycles. The number of rotatable bonds is 42. The van der Waals surface area contributed by atoms with Crippen molar-refractivity contribution in [1.82, 2.24) is 5.32 Å². The number of esters is 2. The van der Waals surface area contributed by atoms with Gasteiger partial charge in [0.1, 0.15) is 0 Å². The Morgan fingerprint density at radius 2 is 0.685 bits per heavy atom. The third-order valence-electron chi connectivity index (χ3n) is 11.3. The molecule has 0 fully saturated rings. The maximum atomic E-state index is 12.3. The number of ether oxygens (including phenoxy) is 2. The predicted octanol–water partition coefficient (Wildman–Crippen LogP) is 15.5. The summed E-state index contributed by atoms with van der Waals surface area (Å²) >= 11 is 0. The molecule has 0 aliphatic rings. The minimum atomic E-state index is 0.0313. The summed E-state index contributed by atoms with van der Waals surface area (Å²) in [5, 5.41) is 3.56. The first-order chi connectivity index (χ1) is 26.5. The minimum absolute atomic E-state index is 0.0313. The van der Waals surface area contributed by atoms with Crippen molar-refractivity contribution in [1.29, 1.82) is 0 Å². The monoisotopic (exact) mass is 766 g/mol. The van der Waals surface area contributed by atoms with Gasteiger partial charge in [0.15, 0.2) is 0 Å². The Bertz CT molecular complexity index is 671. The summed E-state index contributed by atoms with van der Waals surface area (Å²) in [6.07, 6.45) is 40.4. The molecule has 0 heterocycles. The molecule has 1 N–H and O–H groups in total. The number of hydrogen-bond acceptors (Lipinski definition) is 5. The second kappa shape index (κ2) is 46.3. The Balaban J connectivity index is 0. The summed E-state index contributed by atoms with van der Waals surface area (Å²) in [4.78, 5) is 24.6. The standard InChI is InChI=1S/C47H93NO4.C2H6/c1-6-11-31-44(32-12-7-2)41-46(49)51-39-29-25-21-17-15-19-23-27-35-43(37-38-48-10-5)36-28-24-20-16-18-22-26-30-40-52-47(50)42-45(33-13-8-3)34-14-9-4;1-2/h43-45,48H,6-42H2,1-5H3;1-2H3. The Morgan fingerprint density at radius 3 is 1.00 bits per heavy atom. The van der Waals surface area contributed by atoms with Gasteiger partial charge in [-0.2, -0.15) is 0 Å². The summed E-state index contributed by atoms with van der Waals surface area (Å²) in [7, 11) is 0. The van der Waals surface area contributed by atoms with Crippen LogP contribution >= 0.6 is 0 Å². The summed E-state index contributed by atoms with van der Waals surface area (Å²) in [5.74, 6) is 1.98. The van der Waals surface area contributed by atoms with Gasteiger partial charge in [-0.15, -0.1) is 0 Å². The van der Waals surface area contributed by atoms with Crippen molar-refractivity contribution < 1.29 is 19.1 Å². The zero-order valence-corrected chi connectivity index (χ0v) is 38.0. The maximum Gasteiger partial charge on any atom is 0.306 e. The molecular weight excluding hydrogens is 667 g/mol. The van der Waals surface area contributed by atoms with Crippen LogP contribution in [-0.4, -0.2) is 38.2 Å². The highest BCUT2D eigenvalue weighted by molar-refractivity contribution is 5.70. The van der Waals surface area contributed by atoms with Crippen LogP contribution in [-0.2, 0) is 19.1 Å². The molecule has 0 spiro atoms. The predicted molar refractivity (Wildman–Crippen MR) is 237 cm³/mol. The third kappa shape index (κ3) is 40.6. The molecule has 0 aliphatic carbocycles. The van der Waals surface area contributed by atoms with Gasteiger partial charge < -0.3 is 14.8 Å². The first-order valence-corrected chi connectivity index (χ1v) is 24.5. The Hall–Kier alpha value is -1.10. The van der Waals surface area contributed by atoms with Gasteiger partial charge in [0.2, 0.25) is 0 Å².